The number of aryl methyl sites for hydroxylation is 1. The third kappa shape index (κ3) is 3.53. The molecular weight excluding hydrogens is 227 g/mol. The van der Waals surface area contributed by atoms with Gasteiger partial charge >= 0.3 is 0 Å². The average Bonchev–Trinajstić information content (AvgIpc) is 2.81. The highest BCUT2D eigenvalue weighted by Crippen LogP contribution is 2.15. The number of nitrogens with zero attached hydrogens (tertiary/aromatic N) is 1. The second-order valence-corrected chi connectivity index (χ2v) is 5.25. The molecule has 1 N–H and O–H groups in total. The predicted molar refractivity (Wildman–Crippen MR) is 73.1 cm³/mol. The van der Waals surface area contributed by atoms with Crippen molar-refractivity contribution in [2.75, 3.05) is 26.2 Å². The van der Waals surface area contributed by atoms with E-state index in [1.807, 2.05) is 13.0 Å². The van der Waals surface area contributed by atoms with Gasteiger partial charge in [-0.15, -0.1) is 0 Å². The first-order chi connectivity index (χ1) is 8.69. The molecule has 1 unspecified atom stereocenters. The van der Waals surface area contributed by atoms with Crippen LogP contribution in [0.5, 0.6) is 0 Å². The zero-order valence-corrected chi connectivity index (χ0v) is 11.4. The van der Waals surface area contributed by atoms with Gasteiger partial charge in [-0.3, -0.25) is 0 Å². The molecule has 100 valence electrons. The minimum absolute atomic E-state index is 0.143. The molecule has 0 saturated carbocycles. The number of likely N-dealkylation sites (tertiary alicyclic amines) is 1. The number of nitrogens with one attached hydrogen (secondary N) is 1. The fourth-order valence-corrected chi connectivity index (χ4v) is 2.61. The summed E-state index contributed by atoms with van der Waals surface area (Å²) in [4.78, 5) is 2.49. The van der Waals surface area contributed by atoms with Crippen LogP contribution in [0.2, 0.25) is 0 Å². The summed E-state index contributed by atoms with van der Waals surface area (Å²) >= 11 is 0. The Bertz CT molecular complexity index is 392. The van der Waals surface area contributed by atoms with Crippen molar-refractivity contribution in [1.29, 1.82) is 0 Å². The van der Waals surface area contributed by atoms with Crippen LogP contribution >= 0.6 is 0 Å². The van der Waals surface area contributed by atoms with Gasteiger partial charge in [-0.25, -0.2) is 4.39 Å². The van der Waals surface area contributed by atoms with Crippen molar-refractivity contribution in [3.05, 3.63) is 35.1 Å². The van der Waals surface area contributed by atoms with Gasteiger partial charge in [0.1, 0.15) is 5.82 Å². The van der Waals surface area contributed by atoms with E-state index in [-0.39, 0.29) is 5.82 Å². The summed E-state index contributed by atoms with van der Waals surface area (Å²) in [5.74, 6) is 0.606. The van der Waals surface area contributed by atoms with Crippen LogP contribution in [0.1, 0.15) is 24.5 Å². The van der Waals surface area contributed by atoms with Crippen LogP contribution in [0.3, 0.4) is 0 Å². The first-order valence-corrected chi connectivity index (χ1v) is 6.87. The van der Waals surface area contributed by atoms with Gasteiger partial charge in [0.2, 0.25) is 0 Å². The zero-order valence-electron chi connectivity index (χ0n) is 11.4. The lowest BCUT2D eigenvalue weighted by Gasteiger charge is -2.14. The molecular formula is C15H23FN2. The highest BCUT2D eigenvalue weighted by molar-refractivity contribution is 5.26. The Morgan fingerprint density at radius 3 is 3.00 bits per heavy atom. The van der Waals surface area contributed by atoms with E-state index in [1.54, 1.807) is 6.07 Å². The van der Waals surface area contributed by atoms with Crippen molar-refractivity contribution in [2.45, 2.75) is 26.8 Å². The molecule has 18 heavy (non-hydrogen) atoms. The van der Waals surface area contributed by atoms with Crippen molar-refractivity contribution in [3.8, 4) is 0 Å². The molecule has 1 aromatic rings. The smallest absolute Gasteiger partial charge is 0.123 e. The second kappa shape index (κ2) is 6.30. The van der Waals surface area contributed by atoms with Crippen LogP contribution in [0.25, 0.3) is 0 Å². The zero-order chi connectivity index (χ0) is 13.0. The first-order valence-electron chi connectivity index (χ1n) is 6.87. The van der Waals surface area contributed by atoms with Gasteiger partial charge in [0.05, 0.1) is 0 Å². The van der Waals surface area contributed by atoms with Gasteiger partial charge in [-0.05, 0) is 62.2 Å². The Labute approximate surface area is 109 Å². The fraction of sp³-hybridized carbons (Fsp3) is 0.600. The molecule has 2 nitrogen and oxygen atoms in total. The molecule has 0 radical (unpaired) electrons. The highest BCUT2D eigenvalue weighted by Gasteiger charge is 2.20. The Morgan fingerprint density at radius 1 is 1.44 bits per heavy atom. The van der Waals surface area contributed by atoms with Crippen LogP contribution < -0.4 is 5.32 Å². The van der Waals surface area contributed by atoms with Crippen molar-refractivity contribution in [1.82, 2.24) is 10.2 Å². The summed E-state index contributed by atoms with van der Waals surface area (Å²) in [6.07, 6.45) is 1.28. The number of rotatable bonds is 5. The lowest BCUT2D eigenvalue weighted by molar-refractivity contribution is 0.339. The van der Waals surface area contributed by atoms with Crippen LogP contribution in [-0.2, 0) is 6.54 Å². The second-order valence-electron chi connectivity index (χ2n) is 5.25. The normalized spacial score (nSPS) is 20.5. The maximum absolute atomic E-state index is 13.1. The Hall–Kier alpha value is -0.930. The highest BCUT2D eigenvalue weighted by atomic mass is 19.1. The SMILES string of the molecule is CCN1CCC(CNCc2cc(F)ccc2C)C1. The Morgan fingerprint density at radius 2 is 2.28 bits per heavy atom. The number of benzene rings is 1. The lowest BCUT2D eigenvalue weighted by Crippen LogP contribution is -2.26. The molecule has 0 aromatic heterocycles. The standard InChI is InChI=1S/C15H23FN2/c1-3-18-7-6-13(11-18)9-17-10-14-8-15(16)5-4-12(14)2/h4-5,8,13,17H,3,6-7,9-11H2,1-2H3. The van der Waals surface area contributed by atoms with Crippen LogP contribution in [0.4, 0.5) is 4.39 Å². The maximum atomic E-state index is 13.1. The number of hydrogen-bond donors (Lipinski definition) is 1. The number of halogens is 1. The molecule has 1 aliphatic heterocycles. The van der Waals surface area contributed by atoms with Crippen molar-refractivity contribution >= 4 is 0 Å². The maximum Gasteiger partial charge on any atom is 0.123 e. The summed E-state index contributed by atoms with van der Waals surface area (Å²) in [5.41, 5.74) is 2.23. The van der Waals surface area contributed by atoms with Gasteiger partial charge in [0, 0.05) is 13.1 Å². The molecule has 0 amide bonds. The molecule has 1 fully saturated rings. The average molecular weight is 250 g/mol. The first kappa shape index (κ1) is 13.5. The number of hydrogen-bond acceptors (Lipinski definition) is 2. The van der Waals surface area contributed by atoms with Gasteiger partial charge in [-0.2, -0.15) is 0 Å². The van der Waals surface area contributed by atoms with Crippen molar-refractivity contribution in [2.24, 2.45) is 5.92 Å². The Balaban J connectivity index is 1.77. The molecule has 3 heteroatoms. The van der Waals surface area contributed by atoms with Gasteiger partial charge < -0.3 is 10.2 Å². The van der Waals surface area contributed by atoms with Crippen molar-refractivity contribution < 1.29 is 4.39 Å². The minimum atomic E-state index is -0.143. The molecule has 0 spiro atoms. The van der Waals surface area contributed by atoms with E-state index in [9.17, 15) is 4.39 Å². The lowest BCUT2D eigenvalue weighted by atomic mass is 10.1. The summed E-state index contributed by atoms with van der Waals surface area (Å²) in [5, 5.41) is 3.46. The van der Waals surface area contributed by atoms with E-state index in [4.69, 9.17) is 0 Å². The topological polar surface area (TPSA) is 15.3 Å². The summed E-state index contributed by atoms with van der Waals surface area (Å²) in [6.45, 7) is 9.63. The molecule has 1 atom stereocenters. The Kier molecular flexibility index (Phi) is 4.72. The molecule has 0 bridgehead atoms. The molecule has 1 heterocycles. The van der Waals surface area contributed by atoms with Crippen LogP contribution in [0, 0.1) is 18.7 Å². The third-order valence-corrected chi connectivity index (χ3v) is 3.88. The molecule has 1 aliphatic rings. The largest absolute Gasteiger partial charge is 0.312 e. The van der Waals surface area contributed by atoms with E-state index >= 15 is 0 Å². The van der Waals surface area contributed by atoms with Gasteiger partial charge in [-0.1, -0.05) is 13.0 Å². The van der Waals surface area contributed by atoms with Crippen LogP contribution in [-0.4, -0.2) is 31.1 Å². The minimum Gasteiger partial charge on any atom is -0.312 e. The van der Waals surface area contributed by atoms with Gasteiger partial charge in [0.15, 0.2) is 0 Å². The summed E-state index contributed by atoms with van der Waals surface area (Å²) < 4.78 is 13.1. The monoisotopic (exact) mass is 250 g/mol. The molecule has 1 aromatic carbocycles. The fourth-order valence-electron chi connectivity index (χ4n) is 2.61. The molecule has 1 saturated heterocycles. The molecule has 0 aliphatic carbocycles. The van der Waals surface area contributed by atoms with Crippen LogP contribution in [0.15, 0.2) is 18.2 Å². The quantitative estimate of drug-likeness (QED) is 0.864. The molecule has 2 rings (SSSR count). The summed E-state index contributed by atoms with van der Waals surface area (Å²) in [6, 6.07) is 5.00. The van der Waals surface area contributed by atoms with E-state index in [1.165, 1.54) is 25.6 Å². The van der Waals surface area contributed by atoms with E-state index < -0.39 is 0 Å². The predicted octanol–water partition coefficient (Wildman–Crippen LogP) is 2.57. The van der Waals surface area contributed by atoms with E-state index in [2.05, 4.69) is 17.1 Å². The summed E-state index contributed by atoms with van der Waals surface area (Å²) in [7, 11) is 0. The van der Waals surface area contributed by atoms with E-state index in [0.717, 1.165) is 36.7 Å². The van der Waals surface area contributed by atoms with Gasteiger partial charge in [0.25, 0.3) is 0 Å². The van der Waals surface area contributed by atoms with Crippen molar-refractivity contribution in [3.63, 3.8) is 0 Å². The third-order valence-electron chi connectivity index (χ3n) is 3.88. The van der Waals surface area contributed by atoms with E-state index in [0.29, 0.717) is 0 Å².